The number of rotatable bonds is 10. The summed E-state index contributed by atoms with van der Waals surface area (Å²) < 4.78 is 24.3. The summed E-state index contributed by atoms with van der Waals surface area (Å²) in [6.07, 6.45) is -2.94. The first-order chi connectivity index (χ1) is 15.7. The van der Waals surface area contributed by atoms with Crippen molar-refractivity contribution in [2.45, 2.75) is 57.5 Å². The molecule has 1 saturated heterocycles. The van der Waals surface area contributed by atoms with Crippen molar-refractivity contribution in [2.24, 2.45) is 0 Å². The van der Waals surface area contributed by atoms with Crippen LogP contribution in [0.5, 0.6) is 0 Å². The minimum Gasteiger partial charge on any atom is -0.371 e. The average Bonchev–Trinajstić information content (AvgIpc) is 3.17. The van der Waals surface area contributed by atoms with Gasteiger partial charge in [0, 0.05) is 0 Å². The van der Waals surface area contributed by atoms with Crippen LogP contribution in [0.15, 0.2) is 91.0 Å². The van der Waals surface area contributed by atoms with Gasteiger partial charge in [-0.1, -0.05) is 91.0 Å². The van der Waals surface area contributed by atoms with Crippen LogP contribution in [-0.2, 0) is 38.8 Å². The Labute approximate surface area is 189 Å². The summed E-state index contributed by atoms with van der Waals surface area (Å²) in [6.45, 7) is 3.16. The van der Waals surface area contributed by atoms with Gasteiger partial charge in [0.1, 0.15) is 18.3 Å². The SMILES string of the molecule is C[C@@H](OCc1ccccc1)[C@@H]1OC(O)[C@H](OCc2ccccc2)[C@H]1OCc1ccccc1. The van der Waals surface area contributed by atoms with E-state index in [9.17, 15) is 5.11 Å². The largest absolute Gasteiger partial charge is 0.371 e. The number of ether oxygens (including phenoxy) is 4. The van der Waals surface area contributed by atoms with E-state index < -0.39 is 24.6 Å². The molecule has 0 aromatic heterocycles. The van der Waals surface area contributed by atoms with Crippen molar-refractivity contribution in [3.63, 3.8) is 0 Å². The van der Waals surface area contributed by atoms with Gasteiger partial charge < -0.3 is 24.1 Å². The molecule has 168 valence electrons. The minimum atomic E-state index is -1.09. The van der Waals surface area contributed by atoms with E-state index in [1.807, 2.05) is 97.9 Å². The molecule has 3 aromatic carbocycles. The van der Waals surface area contributed by atoms with Gasteiger partial charge in [0.2, 0.25) is 0 Å². The van der Waals surface area contributed by atoms with Crippen LogP contribution < -0.4 is 0 Å². The summed E-state index contributed by atoms with van der Waals surface area (Å²) in [5.74, 6) is 0. The van der Waals surface area contributed by atoms with E-state index in [1.54, 1.807) is 0 Å². The van der Waals surface area contributed by atoms with E-state index in [1.165, 1.54) is 0 Å². The lowest BCUT2D eigenvalue weighted by atomic mass is 10.1. The van der Waals surface area contributed by atoms with E-state index in [0.29, 0.717) is 19.8 Å². The molecule has 1 unspecified atom stereocenters. The van der Waals surface area contributed by atoms with E-state index in [2.05, 4.69) is 0 Å². The molecule has 0 radical (unpaired) electrons. The third-order valence-electron chi connectivity index (χ3n) is 5.61. The van der Waals surface area contributed by atoms with Gasteiger partial charge in [0.05, 0.1) is 25.9 Å². The van der Waals surface area contributed by atoms with Crippen molar-refractivity contribution in [1.29, 1.82) is 0 Å². The number of aliphatic hydroxyl groups excluding tert-OH is 1. The lowest BCUT2D eigenvalue weighted by Gasteiger charge is -2.27. The second kappa shape index (κ2) is 11.4. The van der Waals surface area contributed by atoms with E-state index in [0.717, 1.165) is 16.7 Å². The highest BCUT2D eigenvalue weighted by Gasteiger charge is 2.48. The lowest BCUT2D eigenvalue weighted by Crippen LogP contribution is -2.42. The Kier molecular flexibility index (Phi) is 8.04. The molecule has 32 heavy (non-hydrogen) atoms. The fourth-order valence-corrected chi connectivity index (χ4v) is 3.84. The molecule has 1 heterocycles. The Morgan fingerprint density at radius 3 is 1.62 bits per heavy atom. The summed E-state index contributed by atoms with van der Waals surface area (Å²) in [5.41, 5.74) is 3.15. The first kappa shape index (κ1) is 22.6. The first-order valence-electron chi connectivity index (χ1n) is 11.0. The molecule has 0 amide bonds. The molecule has 0 aliphatic carbocycles. The van der Waals surface area contributed by atoms with E-state index >= 15 is 0 Å². The molecule has 5 atom stereocenters. The molecule has 1 N–H and O–H groups in total. The number of hydrogen-bond acceptors (Lipinski definition) is 5. The van der Waals surface area contributed by atoms with Crippen LogP contribution in [0.4, 0.5) is 0 Å². The molecule has 1 aliphatic rings. The summed E-state index contributed by atoms with van der Waals surface area (Å²) in [7, 11) is 0. The van der Waals surface area contributed by atoms with Gasteiger partial charge in [-0.25, -0.2) is 0 Å². The number of aliphatic hydroxyl groups is 1. The maximum Gasteiger partial charge on any atom is 0.184 e. The summed E-state index contributed by atoms with van der Waals surface area (Å²) in [6, 6.07) is 29.8. The van der Waals surface area contributed by atoms with Crippen molar-refractivity contribution in [1.82, 2.24) is 0 Å². The van der Waals surface area contributed by atoms with E-state index in [-0.39, 0.29) is 6.10 Å². The van der Waals surface area contributed by atoms with Gasteiger partial charge in [0.15, 0.2) is 6.29 Å². The Bertz CT molecular complexity index is 919. The molecule has 5 nitrogen and oxygen atoms in total. The molecular weight excluding hydrogens is 404 g/mol. The third-order valence-corrected chi connectivity index (χ3v) is 5.61. The molecule has 3 aromatic rings. The second-order valence-corrected chi connectivity index (χ2v) is 8.02. The van der Waals surface area contributed by atoms with Gasteiger partial charge in [0.25, 0.3) is 0 Å². The van der Waals surface area contributed by atoms with Crippen molar-refractivity contribution in [3.8, 4) is 0 Å². The quantitative estimate of drug-likeness (QED) is 0.510. The van der Waals surface area contributed by atoms with Crippen LogP contribution in [0, 0.1) is 0 Å². The Hall–Kier alpha value is -2.54. The van der Waals surface area contributed by atoms with Crippen LogP contribution in [-0.4, -0.2) is 35.8 Å². The van der Waals surface area contributed by atoms with Crippen LogP contribution in [0.3, 0.4) is 0 Å². The van der Waals surface area contributed by atoms with Gasteiger partial charge in [-0.2, -0.15) is 0 Å². The Balaban J connectivity index is 1.44. The maximum atomic E-state index is 10.7. The molecule has 0 saturated carbocycles. The summed E-state index contributed by atoms with van der Waals surface area (Å²) in [4.78, 5) is 0. The summed E-state index contributed by atoms with van der Waals surface area (Å²) >= 11 is 0. The normalized spacial score (nSPS) is 23.8. The third kappa shape index (κ3) is 6.03. The molecule has 1 aliphatic heterocycles. The Morgan fingerprint density at radius 1 is 0.688 bits per heavy atom. The highest BCUT2D eigenvalue weighted by molar-refractivity contribution is 5.15. The van der Waals surface area contributed by atoms with Crippen molar-refractivity contribution < 1.29 is 24.1 Å². The molecule has 5 heteroatoms. The molecule has 0 bridgehead atoms. The monoisotopic (exact) mass is 434 g/mol. The molecule has 4 rings (SSSR count). The van der Waals surface area contributed by atoms with Crippen LogP contribution in [0.25, 0.3) is 0 Å². The fourth-order valence-electron chi connectivity index (χ4n) is 3.84. The zero-order valence-corrected chi connectivity index (χ0v) is 18.2. The standard InChI is InChI=1S/C27H30O5/c1-20(29-17-21-11-5-2-6-12-21)24-25(30-18-22-13-7-3-8-14-22)26(27(28)32-24)31-19-23-15-9-4-10-16-23/h2-16,20,24-28H,17-19H2,1H3/t20-,24+,25+,26-,27?/m1/s1. The highest BCUT2D eigenvalue weighted by atomic mass is 16.7. The zero-order valence-electron chi connectivity index (χ0n) is 18.2. The van der Waals surface area contributed by atoms with Gasteiger partial charge in [-0.15, -0.1) is 0 Å². The number of benzene rings is 3. The van der Waals surface area contributed by atoms with E-state index in [4.69, 9.17) is 18.9 Å². The maximum absolute atomic E-state index is 10.7. The second-order valence-electron chi connectivity index (χ2n) is 8.02. The molecular formula is C27H30O5. The Morgan fingerprint density at radius 2 is 1.12 bits per heavy atom. The molecule has 0 spiro atoms. The van der Waals surface area contributed by atoms with Gasteiger partial charge in [-0.3, -0.25) is 0 Å². The van der Waals surface area contributed by atoms with Crippen LogP contribution in [0.1, 0.15) is 23.6 Å². The topological polar surface area (TPSA) is 57.2 Å². The minimum absolute atomic E-state index is 0.295. The summed E-state index contributed by atoms with van der Waals surface area (Å²) in [5, 5.41) is 10.7. The van der Waals surface area contributed by atoms with Crippen LogP contribution >= 0.6 is 0 Å². The van der Waals surface area contributed by atoms with Crippen molar-refractivity contribution >= 4 is 0 Å². The highest BCUT2D eigenvalue weighted by Crippen LogP contribution is 2.30. The van der Waals surface area contributed by atoms with Gasteiger partial charge >= 0.3 is 0 Å². The van der Waals surface area contributed by atoms with Gasteiger partial charge in [-0.05, 0) is 23.6 Å². The average molecular weight is 435 g/mol. The predicted octanol–water partition coefficient (Wildman–Crippen LogP) is 4.48. The lowest BCUT2D eigenvalue weighted by molar-refractivity contribution is -0.162. The predicted molar refractivity (Wildman–Crippen MR) is 122 cm³/mol. The smallest absolute Gasteiger partial charge is 0.184 e. The van der Waals surface area contributed by atoms with Crippen molar-refractivity contribution in [2.75, 3.05) is 0 Å². The van der Waals surface area contributed by atoms with Crippen molar-refractivity contribution in [3.05, 3.63) is 108 Å². The number of hydrogen-bond donors (Lipinski definition) is 1. The first-order valence-corrected chi connectivity index (χ1v) is 11.0. The fraction of sp³-hybridized carbons (Fsp3) is 0.333. The molecule has 1 fully saturated rings. The van der Waals surface area contributed by atoms with Crippen LogP contribution in [0.2, 0.25) is 0 Å². The zero-order chi connectivity index (χ0) is 22.2.